The molecule has 1 spiro atoms. The molecule has 0 saturated carbocycles. The van der Waals surface area contributed by atoms with Gasteiger partial charge in [0, 0.05) is 31.4 Å². The van der Waals surface area contributed by atoms with E-state index < -0.39 is 5.54 Å². The Morgan fingerprint density at radius 1 is 1.10 bits per heavy atom. The number of rotatable bonds is 5. The van der Waals surface area contributed by atoms with Crippen LogP contribution in [0.3, 0.4) is 0 Å². The van der Waals surface area contributed by atoms with Gasteiger partial charge in [-0.2, -0.15) is 0 Å². The lowest BCUT2D eigenvalue weighted by molar-refractivity contribution is -0.127. The van der Waals surface area contributed by atoms with E-state index in [0.717, 1.165) is 35.7 Å². The molecule has 152 valence electrons. The van der Waals surface area contributed by atoms with Crippen LogP contribution in [-0.4, -0.2) is 45.4 Å². The first-order valence-corrected chi connectivity index (χ1v) is 10.3. The molecule has 2 fully saturated rings. The van der Waals surface area contributed by atoms with E-state index in [2.05, 4.69) is 33.2 Å². The monoisotopic (exact) mass is 393 g/mol. The van der Waals surface area contributed by atoms with Crippen LogP contribution in [0.15, 0.2) is 36.4 Å². The highest BCUT2D eigenvalue weighted by Crippen LogP contribution is 2.35. The van der Waals surface area contributed by atoms with E-state index in [-0.39, 0.29) is 11.9 Å². The van der Waals surface area contributed by atoms with Crippen molar-refractivity contribution in [1.29, 1.82) is 0 Å². The molecule has 0 radical (unpaired) electrons. The second kappa shape index (κ2) is 7.81. The summed E-state index contributed by atoms with van der Waals surface area (Å²) in [6.07, 6.45) is 3.14. The molecule has 0 bridgehead atoms. The third-order valence-corrected chi connectivity index (χ3v) is 5.89. The number of piperidine rings is 1. The summed E-state index contributed by atoms with van der Waals surface area (Å²) in [7, 11) is 0. The van der Waals surface area contributed by atoms with Crippen LogP contribution >= 0.6 is 0 Å². The number of aryl methyl sites for hydroxylation is 2. The van der Waals surface area contributed by atoms with Crippen LogP contribution < -0.4 is 10.2 Å². The molecule has 7 heteroatoms. The number of aromatic nitrogens is 2. The predicted molar refractivity (Wildman–Crippen MR) is 110 cm³/mol. The number of hydrogen-bond acceptors (Lipinski definition) is 5. The third kappa shape index (κ3) is 3.69. The van der Waals surface area contributed by atoms with E-state index >= 15 is 0 Å². The van der Waals surface area contributed by atoms with E-state index in [9.17, 15) is 9.59 Å². The van der Waals surface area contributed by atoms with Crippen molar-refractivity contribution in [2.45, 2.75) is 51.6 Å². The average Bonchev–Trinajstić information content (AvgIpc) is 2.93. The first-order valence-electron chi connectivity index (χ1n) is 10.3. The Morgan fingerprint density at radius 3 is 2.52 bits per heavy atom. The van der Waals surface area contributed by atoms with E-state index in [1.54, 1.807) is 4.90 Å². The van der Waals surface area contributed by atoms with Crippen molar-refractivity contribution >= 4 is 17.8 Å². The lowest BCUT2D eigenvalue weighted by Crippen LogP contribution is -2.56. The average molecular weight is 393 g/mol. The molecule has 4 rings (SSSR count). The molecular weight excluding hydrogens is 366 g/mol. The molecule has 3 heterocycles. The second-order valence-electron chi connectivity index (χ2n) is 7.86. The van der Waals surface area contributed by atoms with Gasteiger partial charge in [0.1, 0.15) is 17.2 Å². The van der Waals surface area contributed by atoms with Gasteiger partial charge in [0.05, 0.1) is 0 Å². The first-order chi connectivity index (χ1) is 14.0. The van der Waals surface area contributed by atoms with Crippen molar-refractivity contribution in [1.82, 2.24) is 20.2 Å². The first kappa shape index (κ1) is 19.4. The van der Waals surface area contributed by atoms with Crippen molar-refractivity contribution in [3.63, 3.8) is 0 Å². The molecule has 1 aromatic heterocycles. The van der Waals surface area contributed by atoms with Gasteiger partial charge < -0.3 is 9.80 Å². The minimum Gasteiger partial charge on any atom is -0.356 e. The van der Waals surface area contributed by atoms with Gasteiger partial charge in [-0.15, -0.1) is 0 Å². The summed E-state index contributed by atoms with van der Waals surface area (Å²) in [5, 5.41) is 2.54. The third-order valence-electron chi connectivity index (χ3n) is 5.89. The number of carbonyl (C=O) groups excluding carboxylic acids is 2. The molecule has 0 aliphatic carbocycles. The number of nitrogens with zero attached hydrogens (tertiary/aromatic N) is 4. The summed E-state index contributed by atoms with van der Waals surface area (Å²) in [6, 6.07) is 11.6. The van der Waals surface area contributed by atoms with Gasteiger partial charge in [0.15, 0.2) is 0 Å². The molecule has 2 saturated heterocycles. The highest BCUT2D eigenvalue weighted by molar-refractivity contribution is 6.07. The van der Waals surface area contributed by atoms with Crippen LogP contribution in [-0.2, 0) is 17.8 Å². The molecule has 0 unspecified atom stereocenters. The van der Waals surface area contributed by atoms with Crippen LogP contribution in [0.25, 0.3) is 0 Å². The Hall–Kier alpha value is -2.96. The highest BCUT2D eigenvalue weighted by atomic mass is 16.2. The van der Waals surface area contributed by atoms with Gasteiger partial charge in [-0.05, 0) is 31.7 Å². The molecule has 7 nitrogen and oxygen atoms in total. The number of anilines is 1. The van der Waals surface area contributed by atoms with Gasteiger partial charge in [-0.1, -0.05) is 43.7 Å². The number of benzene rings is 1. The molecule has 0 atom stereocenters. The standard InChI is InChI=1S/C22H27N5O2/c1-3-7-18-14-19(24-16(2)23-18)26-12-10-22(11-13-26)20(28)25-21(29)27(22)15-17-8-5-4-6-9-17/h4-6,8-9,14H,3,7,10-13,15H2,1-2H3,(H,25,28,29). The fourth-order valence-corrected chi connectivity index (χ4v) is 4.35. The lowest BCUT2D eigenvalue weighted by Gasteiger charge is -2.42. The van der Waals surface area contributed by atoms with Crippen molar-refractivity contribution in [3.8, 4) is 0 Å². The zero-order chi connectivity index (χ0) is 20.4. The van der Waals surface area contributed by atoms with Crippen LogP contribution in [0, 0.1) is 6.92 Å². The minimum absolute atomic E-state index is 0.177. The Labute approximate surface area is 171 Å². The van der Waals surface area contributed by atoms with Gasteiger partial charge in [-0.3, -0.25) is 10.1 Å². The summed E-state index contributed by atoms with van der Waals surface area (Å²) >= 11 is 0. The lowest BCUT2D eigenvalue weighted by atomic mass is 9.85. The molecular formula is C22H27N5O2. The Kier molecular flexibility index (Phi) is 5.22. The number of nitrogens with one attached hydrogen (secondary N) is 1. The van der Waals surface area contributed by atoms with Gasteiger partial charge in [0.25, 0.3) is 5.91 Å². The van der Waals surface area contributed by atoms with Gasteiger partial charge in [-0.25, -0.2) is 14.8 Å². The minimum atomic E-state index is -0.780. The quantitative estimate of drug-likeness (QED) is 0.791. The Balaban J connectivity index is 1.53. The molecule has 2 aliphatic rings. The fourth-order valence-electron chi connectivity index (χ4n) is 4.35. The fraction of sp³-hybridized carbons (Fsp3) is 0.455. The SMILES string of the molecule is CCCc1cc(N2CCC3(CC2)C(=O)NC(=O)N3Cc2ccccc2)nc(C)n1. The van der Waals surface area contributed by atoms with E-state index in [1.807, 2.05) is 37.3 Å². The second-order valence-corrected chi connectivity index (χ2v) is 7.86. The van der Waals surface area contributed by atoms with Gasteiger partial charge in [0.2, 0.25) is 0 Å². The maximum atomic E-state index is 12.8. The smallest absolute Gasteiger partial charge is 0.325 e. The normalized spacial score (nSPS) is 18.4. The van der Waals surface area contributed by atoms with E-state index in [4.69, 9.17) is 0 Å². The summed E-state index contributed by atoms with van der Waals surface area (Å²) < 4.78 is 0. The van der Waals surface area contributed by atoms with Crippen molar-refractivity contribution in [2.75, 3.05) is 18.0 Å². The summed E-state index contributed by atoms with van der Waals surface area (Å²) in [6.45, 7) is 5.84. The molecule has 2 aliphatic heterocycles. The largest absolute Gasteiger partial charge is 0.356 e. The topological polar surface area (TPSA) is 78.4 Å². The van der Waals surface area contributed by atoms with Crippen molar-refractivity contribution < 1.29 is 9.59 Å². The summed E-state index contributed by atoms with van der Waals surface area (Å²) in [5.74, 6) is 1.50. The van der Waals surface area contributed by atoms with Crippen LogP contribution in [0.5, 0.6) is 0 Å². The zero-order valence-electron chi connectivity index (χ0n) is 17.0. The van der Waals surface area contributed by atoms with Crippen LogP contribution in [0.4, 0.5) is 10.6 Å². The number of urea groups is 1. The molecule has 1 aromatic carbocycles. The van der Waals surface area contributed by atoms with Crippen molar-refractivity contribution in [3.05, 3.63) is 53.5 Å². The number of hydrogen-bond donors (Lipinski definition) is 1. The zero-order valence-corrected chi connectivity index (χ0v) is 17.0. The maximum absolute atomic E-state index is 12.8. The molecule has 2 aromatic rings. The summed E-state index contributed by atoms with van der Waals surface area (Å²) in [4.78, 5) is 38.4. The highest BCUT2D eigenvalue weighted by Gasteiger charge is 2.54. The molecule has 1 N–H and O–H groups in total. The van der Waals surface area contributed by atoms with E-state index in [0.29, 0.717) is 32.5 Å². The number of carbonyl (C=O) groups is 2. The molecule has 3 amide bonds. The number of amides is 3. The van der Waals surface area contributed by atoms with Crippen LogP contribution in [0.1, 0.15) is 43.3 Å². The van der Waals surface area contributed by atoms with Gasteiger partial charge >= 0.3 is 6.03 Å². The maximum Gasteiger partial charge on any atom is 0.325 e. The predicted octanol–water partition coefficient (Wildman–Crippen LogP) is 2.83. The Morgan fingerprint density at radius 2 is 1.83 bits per heavy atom. The van der Waals surface area contributed by atoms with E-state index in [1.165, 1.54) is 0 Å². The number of imide groups is 1. The Bertz CT molecular complexity index is 907. The van der Waals surface area contributed by atoms with Crippen molar-refractivity contribution in [2.24, 2.45) is 0 Å². The molecule has 29 heavy (non-hydrogen) atoms. The summed E-state index contributed by atoms with van der Waals surface area (Å²) in [5.41, 5.74) is 1.29. The van der Waals surface area contributed by atoms with Crippen LogP contribution in [0.2, 0.25) is 0 Å².